The van der Waals surface area contributed by atoms with Gasteiger partial charge in [0.2, 0.25) is 11.8 Å². The van der Waals surface area contributed by atoms with Crippen LogP contribution in [-0.2, 0) is 21.4 Å². The SMILES string of the molecule is Cn1cnc(-c2ccccc2SC2(C(=O)O)CS[C@@H]3[C@H](NC(=O)CSc4ccc(Cl)cc4Cl)C(=O)N3C2)c1. The van der Waals surface area contributed by atoms with Gasteiger partial charge in [0, 0.05) is 45.9 Å². The zero-order valence-electron chi connectivity index (χ0n) is 20.0. The Balaban J connectivity index is 1.24. The van der Waals surface area contributed by atoms with Gasteiger partial charge in [-0.2, -0.15) is 0 Å². The first-order valence-corrected chi connectivity index (χ1v) is 15.1. The second-order valence-corrected chi connectivity index (χ2v) is 13.3. The Kier molecular flexibility index (Phi) is 7.93. The summed E-state index contributed by atoms with van der Waals surface area (Å²) in [6.07, 6.45) is 3.57. The summed E-state index contributed by atoms with van der Waals surface area (Å²) in [6, 6.07) is 11.9. The number of nitrogens with one attached hydrogen (secondary N) is 1. The molecular weight excluding hydrogens is 587 g/mol. The minimum atomic E-state index is -1.24. The first-order valence-electron chi connectivity index (χ1n) is 11.5. The molecule has 2 amide bonds. The highest BCUT2D eigenvalue weighted by Crippen LogP contribution is 2.48. The van der Waals surface area contributed by atoms with E-state index in [4.69, 9.17) is 23.2 Å². The molecule has 8 nitrogen and oxygen atoms in total. The number of aliphatic carboxylic acids is 1. The summed E-state index contributed by atoms with van der Waals surface area (Å²) in [5.74, 6) is -1.20. The number of β-lactam (4-membered cyclic amide) rings is 1. The molecule has 1 unspecified atom stereocenters. The molecule has 2 saturated heterocycles. The van der Waals surface area contributed by atoms with E-state index in [0.29, 0.717) is 14.9 Å². The predicted octanol–water partition coefficient (Wildman–Crippen LogP) is 4.50. The van der Waals surface area contributed by atoms with Gasteiger partial charge in [-0.15, -0.1) is 35.3 Å². The number of halogens is 2. The second kappa shape index (κ2) is 11.1. The van der Waals surface area contributed by atoms with Crippen molar-refractivity contribution in [3.63, 3.8) is 0 Å². The van der Waals surface area contributed by atoms with Crippen molar-refractivity contribution in [2.75, 3.05) is 18.1 Å². The van der Waals surface area contributed by atoms with Crippen LogP contribution >= 0.6 is 58.5 Å². The van der Waals surface area contributed by atoms with E-state index in [1.165, 1.54) is 35.3 Å². The first kappa shape index (κ1) is 27.3. The number of hydrogen-bond donors (Lipinski definition) is 2. The highest BCUT2D eigenvalue weighted by atomic mass is 35.5. The van der Waals surface area contributed by atoms with Gasteiger partial charge >= 0.3 is 5.97 Å². The third-order valence-corrected chi connectivity index (χ3v) is 11.0. The van der Waals surface area contributed by atoms with E-state index in [2.05, 4.69) is 10.3 Å². The van der Waals surface area contributed by atoms with E-state index in [1.54, 1.807) is 29.4 Å². The molecule has 0 radical (unpaired) electrons. The number of thioether (sulfide) groups is 3. The number of benzene rings is 2. The summed E-state index contributed by atoms with van der Waals surface area (Å²) in [4.78, 5) is 45.6. The number of rotatable bonds is 8. The first-order chi connectivity index (χ1) is 18.2. The molecule has 198 valence electrons. The number of nitrogens with zero attached hydrogens (tertiary/aromatic N) is 3. The van der Waals surface area contributed by atoms with Crippen molar-refractivity contribution in [2.45, 2.75) is 26.0 Å². The van der Waals surface area contributed by atoms with E-state index in [-0.39, 0.29) is 35.2 Å². The van der Waals surface area contributed by atoms with Gasteiger partial charge in [0.25, 0.3) is 0 Å². The number of aryl methyl sites for hydroxylation is 1. The molecule has 3 aromatic rings. The van der Waals surface area contributed by atoms with Crippen LogP contribution in [0, 0.1) is 0 Å². The summed E-state index contributed by atoms with van der Waals surface area (Å²) < 4.78 is 0.596. The molecule has 0 aliphatic carbocycles. The van der Waals surface area contributed by atoms with Gasteiger partial charge < -0.3 is 19.9 Å². The van der Waals surface area contributed by atoms with Crippen LogP contribution in [0.3, 0.4) is 0 Å². The number of fused-ring (bicyclic) bond motifs is 1. The monoisotopic (exact) mass is 608 g/mol. The highest BCUT2D eigenvalue weighted by molar-refractivity contribution is 8.05. The number of aromatic nitrogens is 2. The largest absolute Gasteiger partial charge is 0.480 e. The lowest BCUT2D eigenvalue weighted by Crippen LogP contribution is -2.74. The van der Waals surface area contributed by atoms with Gasteiger partial charge in [-0.3, -0.25) is 14.4 Å². The fraction of sp³-hybridized carbons (Fsp3) is 0.280. The maximum Gasteiger partial charge on any atom is 0.322 e. The van der Waals surface area contributed by atoms with Crippen molar-refractivity contribution in [3.8, 4) is 11.3 Å². The fourth-order valence-corrected chi connectivity index (χ4v) is 8.54. The topological polar surface area (TPSA) is 105 Å². The van der Waals surface area contributed by atoms with Crippen molar-refractivity contribution in [1.29, 1.82) is 0 Å². The van der Waals surface area contributed by atoms with Crippen LogP contribution in [0.2, 0.25) is 10.0 Å². The van der Waals surface area contributed by atoms with Crippen LogP contribution in [0.25, 0.3) is 11.3 Å². The summed E-state index contributed by atoms with van der Waals surface area (Å²) in [5.41, 5.74) is 1.59. The molecule has 5 rings (SSSR count). The lowest BCUT2D eigenvalue weighted by Gasteiger charge is -2.53. The molecule has 1 aromatic heterocycles. The molecular formula is C25H22Cl2N4O4S3. The molecule has 3 atom stereocenters. The van der Waals surface area contributed by atoms with Crippen molar-refractivity contribution in [1.82, 2.24) is 19.8 Å². The lowest BCUT2D eigenvalue weighted by molar-refractivity contribution is -0.151. The number of carbonyl (C=O) groups excluding carboxylic acids is 2. The molecule has 3 heterocycles. The van der Waals surface area contributed by atoms with Gasteiger partial charge in [0.15, 0.2) is 0 Å². The van der Waals surface area contributed by atoms with Crippen molar-refractivity contribution in [2.24, 2.45) is 7.05 Å². The van der Waals surface area contributed by atoms with E-state index in [1.807, 2.05) is 42.1 Å². The van der Waals surface area contributed by atoms with Gasteiger partial charge in [-0.1, -0.05) is 41.4 Å². The number of amides is 2. The van der Waals surface area contributed by atoms with E-state index in [9.17, 15) is 19.5 Å². The molecule has 0 saturated carbocycles. The molecule has 0 spiro atoms. The van der Waals surface area contributed by atoms with Crippen LogP contribution in [-0.4, -0.2) is 71.6 Å². The number of carbonyl (C=O) groups is 3. The molecule has 38 heavy (non-hydrogen) atoms. The van der Waals surface area contributed by atoms with Crippen LogP contribution in [0.15, 0.2) is 64.8 Å². The molecule has 2 N–H and O–H groups in total. The summed E-state index contributed by atoms with van der Waals surface area (Å²) in [6.45, 7) is 0.0432. The molecule has 2 aliphatic heterocycles. The van der Waals surface area contributed by atoms with Gasteiger partial charge in [-0.25, -0.2) is 4.98 Å². The molecule has 2 aromatic carbocycles. The third-order valence-electron chi connectivity index (χ3n) is 6.19. The molecule has 2 fully saturated rings. The second-order valence-electron chi connectivity index (χ2n) is 8.90. The summed E-state index contributed by atoms with van der Waals surface area (Å²) >= 11 is 16.0. The van der Waals surface area contributed by atoms with Crippen LogP contribution in [0.5, 0.6) is 0 Å². The molecule has 2 aliphatic rings. The maximum atomic E-state index is 13.0. The Hall–Kier alpha value is -2.31. The minimum absolute atomic E-state index is 0.0432. The Morgan fingerprint density at radius 3 is 2.74 bits per heavy atom. The third kappa shape index (κ3) is 5.40. The quantitative estimate of drug-likeness (QED) is 0.284. The minimum Gasteiger partial charge on any atom is -0.480 e. The Bertz CT molecular complexity index is 1420. The normalized spacial score (nSPS) is 22.5. The highest BCUT2D eigenvalue weighted by Gasteiger charge is 2.58. The zero-order valence-corrected chi connectivity index (χ0v) is 23.9. The molecule has 13 heteroatoms. The number of carboxylic acid groups (broad SMARTS) is 1. The zero-order chi connectivity index (χ0) is 27.0. The number of hydrogen-bond acceptors (Lipinski definition) is 7. The van der Waals surface area contributed by atoms with Crippen molar-refractivity contribution < 1.29 is 19.5 Å². The van der Waals surface area contributed by atoms with Crippen molar-refractivity contribution >= 4 is 76.3 Å². The lowest BCUT2D eigenvalue weighted by atomic mass is 10.0. The number of carboxylic acids is 1. The van der Waals surface area contributed by atoms with E-state index < -0.39 is 16.8 Å². The summed E-state index contributed by atoms with van der Waals surface area (Å²) in [5, 5.41) is 13.7. The van der Waals surface area contributed by atoms with Gasteiger partial charge in [0.1, 0.15) is 16.2 Å². The maximum absolute atomic E-state index is 13.0. The molecule has 0 bridgehead atoms. The van der Waals surface area contributed by atoms with E-state index in [0.717, 1.165) is 16.2 Å². The van der Waals surface area contributed by atoms with E-state index >= 15 is 0 Å². The van der Waals surface area contributed by atoms with Gasteiger partial charge in [-0.05, 0) is 24.3 Å². The number of imidazole rings is 1. The van der Waals surface area contributed by atoms with Crippen LogP contribution in [0.1, 0.15) is 0 Å². The average Bonchev–Trinajstić information content (AvgIpc) is 3.33. The summed E-state index contributed by atoms with van der Waals surface area (Å²) in [7, 11) is 1.87. The van der Waals surface area contributed by atoms with Crippen LogP contribution in [0.4, 0.5) is 0 Å². The Labute approximate surface area is 241 Å². The average molecular weight is 610 g/mol. The van der Waals surface area contributed by atoms with Crippen molar-refractivity contribution in [3.05, 3.63) is 65.0 Å². The standard InChI is InChI=1S/C25H22Cl2N4O4S3/c1-30-9-17(28-13-30)15-4-2-3-5-18(15)38-25(24(34)35)11-31-22(33)21(23(31)37-12-25)29-20(32)10-36-19-7-6-14(26)8-16(19)27/h2-9,13,21,23H,10-12H2,1H3,(H,29,32)(H,34,35)/t21-,23-,25?/m1/s1. The Morgan fingerprint density at radius 2 is 2.03 bits per heavy atom. The fourth-order valence-electron chi connectivity index (χ4n) is 4.27. The van der Waals surface area contributed by atoms with Crippen LogP contribution < -0.4 is 5.32 Å². The Morgan fingerprint density at radius 1 is 1.24 bits per heavy atom. The van der Waals surface area contributed by atoms with Gasteiger partial charge in [0.05, 0.1) is 22.8 Å². The smallest absolute Gasteiger partial charge is 0.322 e. The predicted molar refractivity (Wildman–Crippen MR) is 152 cm³/mol.